The van der Waals surface area contributed by atoms with E-state index in [9.17, 15) is 0 Å². The van der Waals surface area contributed by atoms with Crippen LogP contribution in [0.4, 0.5) is 0 Å². The first-order valence-electron chi connectivity index (χ1n) is 12.9. The fourth-order valence-corrected chi connectivity index (χ4v) is 6.40. The molecule has 0 spiro atoms. The van der Waals surface area contributed by atoms with Crippen molar-refractivity contribution in [3.63, 3.8) is 0 Å². The van der Waals surface area contributed by atoms with Crippen molar-refractivity contribution in [2.24, 2.45) is 16.8 Å². The maximum absolute atomic E-state index is 5.49. The van der Waals surface area contributed by atoms with Crippen molar-refractivity contribution in [3.8, 4) is 0 Å². The van der Waals surface area contributed by atoms with Crippen LogP contribution in [0.15, 0.2) is 53.2 Å². The van der Waals surface area contributed by atoms with Crippen LogP contribution in [0.1, 0.15) is 81.3 Å². The van der Waals surface area contributed by atoms with Crippen LogP contribution in [0.5, 0.6) is 0 Å². The summed E-state index contributed by atoms with van der Waals surface area (Å²) in [4.78, 5) is 11.4. The van der Waals surface area contributed by atoms with Gasteiger partial charge in [0, 0.05) is 35.4 Å². The Bertz CT molecular complexity index is 1190. The molecule has 0 radical (unpaired) electrons. The Morgan fingerprint density at radius 3 is 2.91 bits per heavy atom. The van der Waals surface area contributed by atoms with Gasteiger partial charge in [-0.3, -0.25) is 10.1 Å². The molecule has 0 saturated heterocycles. The summed E-state index contributed by atoms with van der Waals surface area (Å²) >= 11 is 0. The van der Waals surface area contributed by atoms with Crippen molar-refractivity contribution in [3.05, 3.63) is 70.7 Å². The second kappa shape index (κ2) is 8.33. The smallest absolute Gasteiger partial charge is 0.149 e. The quantitative estimate of drug-likeness (QED) is 0.563. The molecule has 0 saturated carbocycles. The van der Waals surface area contributed by atoms with Crippen molar-refractivity contribution in [2.75, 3.05) is 0 Å². The molecule has 2 aromatic rings. The number of allylic oxidation sites excluding steroid dienone is 3. The number of H-pyrrole nitrogens is 2. The van der Waals surface area contributed by atoms with Gasteiger partial charge < -0.3 is 15.2 Å². The predicted molar refractivity (Wildman–Crippen MR) is 137 cm³/mol. The highest BCUT2D eigenvalue weighted by atomic mass is 15.3. The van der Waals surface area contributed by atoms with Gasteiger partial charge in [0.15, 0.2) is 0 Å². The highest BCUT2D eigenvalue weighted by molar-refractivity contribution is 6.00. The average Bonchev–Trinajstić information content (AvgIpc) is 3.46. The molecule has 6 nitrogen and oxygen atoms in total. The van der Waals surface area contributed by atoms with Crippen LogP contribution in [0.2, 0.25) is 0 Å². The first-order chi connectivity index (χ1) is 16.5. The lowest BCUT2D eigenvalue weighted by Gasteiger charge is -2.45. The summed E-state index contributed by atoms with van der Waals surface area (Å²) in [7, 11) is 0. The summed E-state index contributed by atoms with van der Waals surface area (Å²) in [5, 5.41) is 11.5. The minimum absolute atomic E-state index is 0.205. The molecular formula is C28H36N6. The number of nitrogens with one attached hydrogen (secondary N) is 3. The maximum atomic E-state index is 5.49. The fourth-order valence-electron chi connectivity index (χ4n) is 6.40. The lowest BCUT2D eigenvalue weighted by molar-refractivity contribution is 0.205. The van der Waals surface area contributed by atoms with Crippen molar-refractivity contribution in [1.82, 2.24) is 25.4 Å². The highest BCUT2D eigenvalue weighted by Gasteiger charge is 2.43. The first kappa shape index (κ1) is 21.5. The van der Waals surface area contributed by atoms with Crippen molar-refractivity contribution < 1.29 is 0 Å². The van der Waals surface area contributed by atoms with Crippen LogP contribution in [0.25, 0.3) is 6.08 Å². The van der Waals surface area contributed by atoms with E-state index in [0.29, 0.717) is 29.7 Å². The number of aliphatic imine (C=N–C) groups is 1. The molecule has 6 rings (SSSR count). The van der Waals surface area contributed by atoms with Crippen LogP contribution in [0, 0.1) is 11.8 Å². The van der Waals surface area contributed by atoms with E-state index in [2.05, 4.69) is 83.6 Å². The van der Waals surface area contributed by atoms with Gasteiger partial charge in [0.1, 0.15) is 5.84 Å². The van der Waals surface area contributed by atoms with E-state index in [1.54, 1.807) is 0 Å². The number of nitrogens with zero attached hydrogens (tertiary/aromatic N) is 3. The molecule has 2 aliphatic carbocycles. The summed E-state index contributed by atoms with van der Waals surface area (Å²) in [5.41, 5.74) is 7.77. The zero-order chi connectivity index (χ0) is 23.4. The van der Waals surface area contributed by atoms with E-state index in [4.69, 9.17) is 4.99 Å². The van der Waals surface area contributed by atoms with Crippen LogP contribution in [0.3, 0.4) is 0 Å². The van der Waals surface area contributed by atoms with Gasteiger partial charge in [-0.25, -0.2) is 0 Å². The molecule has 178 valence electrons. The molecule has 0 bridgehead atoms. The van der Waals surface area contributed by atoms with E-state index in [1.165, 1.54) is 33.9 Å². The monoisotopic (exact) mass is 456 g/mol. The topological polar surface area (TPSA) is 72.1 Å². The van der Waals surface area contributed by atoms with Crippen LogP contribution >= 0.6 is 0 Å². The van der Waals surface area contributed by atoms with E-state index in [0.717, 1.165) is 31.5 Å². The third kappa shape index (κ3) is 3.55. The maximum Gasteiger partial charge on any atom is 0.149 e. The zero-order valence-electron chi connectivity index (χ0n) is 20.7. The summed E-state index contributed by atoms with van der Waals surface area (Å²) < 4.78 is 0. The van der Waals surface area contributed by atoms with E-state index in [1.807, 2.05) is 12.4 Å². The molecule has 34 heavy (non-hydrogen) atoms. The zero-order valence-corrected chi connectivity index (χ0v) is 20.7. The normalized spacial score (nSPS) is 32.6. The van der Waals surface area contributed by atoms with Gasteiger partial charge in [-0.2, -0.15) is 5.10 Å². The Morgan fingerprint density at radius 1 is 1.15 bits per heavy atom. The number of amidine groups is 1. The predicted octanol–water partition coefficient (Wildman–Crippen LogP) is 5.45. The van der Waals surface area contributed by atoms with E-state index < -0.39 is 0 Å². The SMILES string of the molecule is CC1C=CN2C(=CC1)C(NC1=Cc3[nH]ccc3CC1)=NC(C1CC(C)c3cn[nH]c3C1C)C2C. The number of rotatable bonds is 2. The number of hydrogen-bond acceptors (Lipinski definition) is 4. The number of hydrogen-bond donors (Lipinski definition) is 3. The Labute approximate surface area is 202 Å². The van der Waals surface area contributed by atoms with Crippen LogP contribution in [-0.4, -0.2) is 38.0 Å². The molecule has 4 heterocycles. The molecule has 6 heteroatoms. The summed E-state index contributed by atoms with van der Waals surface area (Å²) in [6.07, 6.45) is 17.6. The summed E-state index contributed by atoms with van der Waals surface area (Å²) in [5.74, 6) is 2.92. The Hall–Kier alpha value is -3.02. The van der Waals surface area contributed by atoms with Gasteiger partial charge in [0.25, 0.3) is 0 Å². The second-order valence-corrected chi connectivity index (χ2v) is 10.8. The minimum Gasteiger partial charge on any atom is -0.361 e. The fraction of sp³-hybridized carbons (Fsp3) is 0.500. The summed E-state index contributed by atoms with van der Waals surface area (Å²) in [6.45, 7) is 9.33. The highest BCUT2D eigenvalue weighted by Crippen LogP contribution is 2.46. The van der Waals surface area contributed by atoms with Gasteiger partial charge >= 0.3 is 0 Å². The second-order valence-electron chi connectivity index (χ2n) is 10.8. The van der Waals surface area contributed by atoms with Gasteiger partial charge in [0.05, 0.1) is 24.0 Å². The number of aromatic nitrogens is 3. The Morgan fingerprint density at radius 2 is 2.03 bits per heavy atom. The van der Waals surface area contributed by atoms with Crippen LogP contribution in [-0.2, 0) is 6.42 Å². The molecular weight excluding hydrogens is 420 g/mol. The van der Waals surface area contributed by atoms with E-state index in [-0.39, 0.29) is 6.04 Å². The lowest BCUT2D eigenvalue weighted by atomic mass is 9.70. The molecule has 0 fully saturated rings. The van der Waals surface area contributed by atoms with Crippen LogP contribution < -0.4 is 5.32 Å². The average molecular weight is 457 g/mol. The van der Waals surface area contributed by atoms with Gasteiger partial charge in [-0.05, 0) is 73.6 Å². The lowest BCUT2D eigenvalue weighted by Crippen LogP contribution is -2.51. The molecule has 2 aromatic heterocycles. The third-order valence-electron chi connectivity index (χ3n) is 8.51. The Balaban J connectivity index is 1.38. The van der Waals surface area contributed by atoms with Crippen molar-refractivity contribution >= 4 is 11.9 Å². The molecule has 0 amide bonds. The molecule has 6 unspecified atom stereocenters. The molecule has 4 aliphatic rings. The molecule has 2 aliphatic heterocycles. The molecule has 0 aromatic carbocycles. The first-order valence-corrected chi connectivity index (χ1v) is 12.9. The number of aromatic amines is 2. The third-order valence-corrected chi connectivity index (χ3v) is 8.51. The number of aryl methyl sites for hydroxylation is 1. The van der Waals surface area contributed by atoms with Gasteiger partial charge in [-0.1, -0.05) is 32.9 Å². The Kier molecular flexibility index (Phi) is 5.27. The molecule has 3 N–H and O–H groups in total. The van der Waals surface area contributed by atoms with Gasteiger partial charge in [-0.15, -0.1) is 0 Å². The van der Waals surface area contributed by atoms with Crippen molar-refractivity contribution in [2.45, 2.75) is 77.3 Å². The number of fused-ring (bicyclic) bond motifs is 3. The minimum atomic E-state index is 0.205. The summed E-state index contributed by atoms with van der Waals surface area (Å²) in [6, 6.07) is 2.70. The largest absolute Gasteiger partial charge is 0.361 e. The van der Waals surface area contributed by atoms with Gasteiger partial charge in [0.2, 0.25) is 0 Å². The van der Waals surface area contributed by atoms with E-state index >= 15 is 0 Å². The van der Waals surface area contributed by atoms with Crippen molar-refractivity contribution in [1.29, 1.82) is 0 Å². The molecule has 6 atom stereocenters. The standard InChI is InChI=1S/C28H36N6/c1-16-5-8-25-28(31-21-7-6-20-9-11-29-24(20)14-21)32-27(19(4)34(25)12-10-16)22-13-17(2)23-15-30-33-26(23)18(22)3/h8-12,14-19,22,27,29H,5-7,13H2,1-4H3,(H,30,33)(H,31,32).